The second-order valence-electron chi connectivity index (χ2n) is 6.03. The Balaban J connectivity index is 2.17. The molecule has 0 fully saturated rings. The summed E-state index contributed by atoms with van der Waals surface area (Å²) in [5, 5.41) is 13.0. The minimum absolute atomic E-state index is 0.0305. The van der Waals surface area contributed by atoms with Gasteiger partial charge in [-0.25, -0.2) is 9.59 Å². The molecule has 0 saturated heterocycles. The molecule has 0 unspecified atom stereocenters. The quantitative estimate of drug-likeness (QED) is 0.492. The lowest BCUT2D eigenvalue weighted by Gasteiger charge is -2.15. The van der Waals surface area contributed by atoms with Crippen molar-refractivity contribution in [1.29, 1.82) is 0 Å². The molecule has 2 N–H and O–H groups in total. The molecule has 0 amide bonds. The maximum Gasteiger partial charge on any atom is 0.341 e. The van der Waals surface area contributed by atoms with E-state index in [1.807, 2.05) is 0 Å². The van der Waals surface area contributed by atoms with E-state index >= 15 is 0 Å². The van der Waals surface area contributed by atoms with Crippen molar-refractivity contribution in [3.05, 3.63) is 65.4 Å². The molecule has 0 radical (unpaired) electrons. The minimum atomic E-state index is -1.11. The minimum Gasteiger partial charge on any atom is -0.478 e. The molecule has 3 aromatic rings. The third-order valence-corrected chi connectivity index (χ3v) is 4.18. The van der Waals surface area contributed by atoms with Crippen LogP contribution in [0, 0.1) is 0 Å². The van der Waals surface area contributed by atoms with Crippen LogP contribution in [-0.2, 0) is 4.74 Å². The second kappa shape index (κ2) is 7.87. The van der Waals surface area contributed by atoms with Gasteiger partial charge in [-0.2, -0.15) is 0 Å². The number of carbonyl (C=O) groups is 3. The van der Waals surface area contributed by atoms with E-state index < -0.39 is 11.9 Å². The highest BCUT2D eigenvalue weighted by atomic mass is 16.5. The van der Waals surface area contributed by atoms with Gasteiger partial charge in [0.2, 0.25) is 0 Å². The van der Waals surface area contributed by atoms with Gasteiger partial charge in [0.1, 0.15) is 5.56 Å². The number of esters is 1. The van der Waals surface area contributed by atoms with Crippen molar-refractivity contribution in [2.75, 3.05) is 11.9 Å². The maximum atomic E-state index is 12.4. The Labute approximate surface area is 161 Å². The average molecular weight is 378 g/mol. The molecule has 0 aliphatic carbocycles. The number of carboxylic acid groups (broad SMARTS) is 1. The molecule has 7 nitrogen and oxygen atoms in total. The number of nitrogens with zero attached hydrogens (tertiary/aromatic N) is 1. The van der Waals surface area contributed by atoms with Gasteiger partial charge >= 0.3 is 11.9 Å². The van der Waals surface area contributed by atoms with E-state index in [2.05, 4.69) is 10.3 Å². The lowest BCUT2D eigenvalue weighted by molar-refractivity contribution is 0.0526. The van der Waals surface area contributed by atoms with E-state index in [1.54, 1.807) is 43.3 Å². The highest BCUT2D eigenvalue weighted by molar-refractivity contribution is 6.11. The molecule has 0 saturated carbocycles. The first-order valence-electron chi connectivity index (χ1n) is 8.62. The lowest BCUT2D eigenvalue weighted by Crippen LogP contribution is -2.10. The molecule has 1 heterocycles. The zero-order chi connectivity index (χ0) is 20.3. The molecule has 7 heteroatoms. The van der Waals surface area contributed by atoms with Gasteiger partial charge in [-0.3, -0.25) is 9.78 Å². The van der Waals surface area contributed by atoms with Gasteiger partial charge in [0, 0.05) is 22.8 Å². The van der Waals surface area contributed by atoms with E-state index in [9.17, 15) is 19.5 Å². The summed E-state index contributed by atoms with van der Waals surface area (Å²) in [5.74, 6) is -1.74. The lowest BCUT2D eigenvalue weighted by atomic mass is 10.0. The van der Waals surface area contributed by atoms with Crippen LogP contribution < -0.4 is 5.32 Å². The Kier molecular flexibility index (Phi) is 5.35. The number of hydrogen-bond donors (Lipinski definition) is 2. The highest BCUT2D eigenvalue weighted by Crippen LogP contribution is 2.31. The highest BCUT2D eigenvalue weighted by Gasteiger charge is 2.20. The number of Topliss-reactive ketones (excluding diaryl/α,β-unsaturated/α-hetero) is 1. The number of nitrogens with one attached hydrogen (secondary N) is 1. The zero-order valence-electron chi connectivity index (χ0n) is 15.4. The molecule has 3 rings (SSSR count). The number of carboxylic acids is 1. The predicted molar refractivity (Wildman–Crippen MR) is 104 cm³/mol. The summed E-state index contributed by atoms with van der Waals surface area (Å²) in [7, 11) is 0. The van der Waals surface area contributed by atoms with Crippen LogP contribution >= 0.6 is 0 Å². The molecule has 0 atom stereocenters. The predicted octanol–water partition coefficient (Wildman–Crippen LogP) is 4.06. The van der Waals surface area contributed by atoms with Gasteiger partial charge in [0.15, 0.2) is 5.78 Å². The van der Waals surface area contributed by atoms with Crippen LogP contribution in [0.5, 0.6) is 0 Å². The molecule has 28 heavy (non-hydrogen) atoms. The first-order chi connectivity index (χ1) is 13.4. The van der Waals surface area contributed by atoms with Gasteiger partial charge < -0.3 is 15.2 Å². The SMILES string of the molecule is CCOC(=O)c1cnc2c(C(=O)O)cccc2c1Nc1ccc(C(C)=O)cc1. The van der Waals surface area contributed by atoms with Crippen molar-refractivity contribution in [3.8, 4) is 0 Å². The number of hydrogen-bond acceptors (Lipinski definition) is 6. The number of ketones is 1. The van der Waals surface area contributed by atoms with Gasteiger partial charge in [-0.1, -0.05) is 12.1 Å². The Bertz CT molecular complexity index is 1070. The van der Waals surface area contributed by atoms with E-state index in [0.717, 1.165) is 0 Å². The molecular weight excluding hydrogens is 360 g/mol. The zero-order valence-corrected chi connectivity index (χ0v) is 15.4. The van der Waals surface area contributed by atoms with Crippen molar-refractivity contribution < 1.29 is 24.2 Å². The summed E-state index contributed by atoms with van der Waals surface area (Å²) in [5.41, 5.74) is 2.05. The molecule has 0 aliphatic heterocycles. The summed E-state index contributed by atoms with van der Waals surface area (Å²) < 4.78 is 5.10. The summed E-state index contributed by atoms with van der Waals surface area (Å²) >= 11 is 0. The van der Waals surface area contributed by atoms with Crippen LogP contribution in [-0.4, -0.2) is 34.4 Å². The molecule has 0 bridgehead atoms. The molecule has 0 spiro atoms. The fourth-order valence-corrected chi connectivity index (χ4v) is 2.83. The third-order valence-electron chi connectivity index (χ3n) is 4.18. The Hall–Kier alpha value is -3.74. The third kappa shape index (κ3) is 3.68. The molecule has 142 valence electrons. The summed E-state index contributed by atoms with van der Waals surface area (Å²) in [4.78, 5) is 39.6. The Morgan fingerprint density at radius 3 is 2.39 bits per heavy atom. The molecule has 0 aliphatic rings. The molecule has 2 aromatic carbocycles. The topological polar surface area (TPSA) is 106 Å². The van der Waals surface area contributed by atoms with Crippen LogP contribution in [0.3, 0.4) is 0 Å². The number of para-hydroxylation sites is 1. The Morgan fingerprint density at radius 2 is 1.79 bits per heavy atom. The van der Waals surface area contributed by atoms with Gasteiger partial charge in [-0.15, -0.1) is 0 Å². The van der Waals surface area contributed by atoms with Gasteiger partial charge in [0.25, 0.3) is 0 Å². The fraction of sp³-hybridized carbons (Fsp3) is 0.143. The number of benzene rings is 2. The molecular formula is C21H18N2O5. The number of aromatic nitrogens is 1. The number of ether oxygens (including phenoxy) is 1. The number of carbonyl (C=O) groups excluding carboxylic acids is 2. The summed E-state index contributed by atoms with van der Waals surface area (Å²) in [6.45, 7) is 3.37. The van der Waals surface area contributed by atoms with Crippen LogP contribution in [0.2, 0.25) is 0 Å². The first-order valence-corrected chi connectivity index (χ1v) is 8.62. The second-order valence-corrected chi connectivity index (χ2v) is 6.03. The van der Waals surface area contributed by atoms with E-state index in [0.29, 0.717) is 22.3 Å². The Morgan fingerprint density at radius 1 is 1.07 bits per heavy atom. The first kappa shape index (κ1) is 19.0. The van der Waals surface area contributed by atoms with Crippen LogP contribution in [0.4, 0.5) is 11.4 Å². The normalized spacial score (nSPS) is 10.5. The fourth-order valence-electron chi connectivity index (χ4n) is 2.83. The standard InChI is InChI=1S/C21H18N2O5/c1-3-28-21(27)17-11-22-18-15(5-4-6-16(18)20(25)26)19(17)23-14-9-7-13(8-10-14)12(2)24/h4-11H,3H2,1-2H3,(H,22,23)(H,25,26). The van der Waals surface area contributed by atoms with Crippen molar-refractivity contribution >= 4 is 40.0 Å². The van der Waals surface area contributed by atoms with E-state index in [1.165, 1.54) is 19.2 Å². The van der Waals surface area contributed by atoms with Crippen molar-refractivity contribution in [2.45, 2.75) is 13.8 Å². The van der Waals surface area contributed by atoms with Gasteiger partial charge in [0.05, 0.1) is 23.4 Å². The van der Waals surface area contributed by atoms with Crippen LogP contribution in [0.25, 0.3) is 10.9 Å². The van der Waals surface area contributed by atoms with Crippen LogP contribution in [0.1, 0.15) is 44.9 Å². The molecule has 1 aromatic heterocycles. The largest absolute Gasteiger partial charge is 0.478 e. The summed E-state index contributed by atoms with van der Waals surface area (Å²) in [6, 6.07) is 11.5. The van der Waals surface area contributed by atoms with E-state index in [4.69, 9.17) is 4.74 Å². The monoisotopic (exact) mass is 378 g/mol. The van der Waals surface area contributed by atoms with Crippen molar-refractivity contribution in [2.24, 2.45) is 0 Å². The van der Waals surface area contributed by atoms with Gasteiger partial charge in [-0.05, 0) is 44.2 Å². The number of rotatable bonds is 6. The van der Waals surface area contributed by atoms with Crippen LogP contribution in [0.15, 0.2) is 48.7 Å². The van der Waals surface area contributed by atoms with Crippen molar-refractivity contribution in [1.82, 2.24) is 4.98 Å². The number of anilines is 2. The van der Waals surface area contributed by atoms with E-state index in [-0.39, 0.29) is 29.0 Å². The van der Waals surface area contributed by atoms with Crippen molar-refractivity contribution in [3.63, 3.8) is 0 Å². The summed E-state index contributed by atoms with van der Waals surface area (Å²) in [6.07, 6.45) is 1.30. The number of pyridine rings is 1. The average Bonchev–Trinajstić information content (AvgIpc) is 2.68. The number of aromatic carboxylic acids is 1. The number of fused-ring (bicyclic) bond motifs is 1. The smallest absolute Gasteiger partial charge is 0.341 e. The maximum absolute atomic E-state index is 12.4.